The van der Waals surface area contributed by atoms with Crippen LogP contribution < -0.4 is 4.83 Å². The van der Waals surface area contributed by atoms with Gasteiger partial charge in [-0.15, -0.1) is 4.83 Å². The van der Waals surface area contributed by atoms with Gasteiger partial charge in [0.1, 0.15) is 4.90 Å². The fraction of sp³-hybridized carbons (Fsp3) is 0.455. The summed E-state index contributed by atoms with van der Waals surface area (Å²) in [5.74, 6) is -2.79. The molecule has 0 aliphatic carbocycles. The van der Waals surface area contributed by atoms with Gasteiger partial charge in [0.05, 0.1) is 19.8 Å². The second-order valence-electron chi connectivity index (χ2n) is 4.24. The van der Waals surface area contributed by atoms with Gasteiger partial charge in [-0.2, -0.15) is 0 Å². The van der Waals surface area contributed by atoms with Gasteiger partial charge in [0.15, 0.2) is 11.6 Å². The Kier molecular flexibility index (Phi) is 4.66. The van der Waals surface area contributed by atoms with Crippen LogP contribution in [0.5, 0.6) is 0 Å². The van der Waals surface area contributed by atoms with Crippen LogP contribution >= 0.6 is 0 Å². The van der Waals surface area contributed by atoms with Crippen LogP contribution in [-0.4, -0.2) is 44.8 Å². The Hall–Kier alpha value is -1.13. The number of hydrogen-bond donors (Lipinski definition) is 2. The largest absolute Gasteiger partial charge is 0.392 e. The predicted molar refractivity (Wildman–Crippen MR) is 65.0 cm³/mol. The summed E-state index contributed by atoms with van der Waals surface area (Å²) in [7, 11) is -4.25. The van der Waals surface area contributed by atoms with Crippen LogP contribution in [0.3, 0.4) is 0 Å². The number of benzene rings is 1. The number of nitrogens with one attached hydrogen (secondary N) is 1. The van der Waals surface area contributed by atoms with Crippen molar-refractivity contribution >= 4 is 10.0 Å². The number of morpholine rings is 1. The fourth-order valence-electron chi connectivity index (χ4n) is 1.78. The van der Waals surface area contributed by atoms with Crippen LogP contribution in [0.15, 0.2) is 17.0 Å². The van der Waals surface area contributed by atoms with E-state index < -0.39 is 33.2 Å². The van der Waals surface area contributed by atoms with Gasteiger partial charge < -0.3 is 9.84 Å². The number of hydrazine groups is 1. The van der Waals surface area contributed by atoms with Crippen molar-refractivity contribution in [2.45, 2.75) is 11.5 Å². The van der Waals surface area contributed by atoms with Crippen molar-refractivity contribution in [3.8, 4) is 0 Å². The zero-order valence-corrected chi connectivity index (χ0v) is 11.3. The Balaban J connectivity index is 2.30. The average molecular weight is 308 g/mol. The third-order valence-electron chi connectivity index (χ3n) is 2.79. The summed E-state index contributed by atoms with van der Waals surface area (Å²) in [6.45, 7) is 0.718. The Bertz CT molecular complexity index is 588. The molecule has 0 spiro atoms. The molecule has 1 saturated heterocycles. The molecule has 0 aromatic heterocycles. The fourth-order valence-corrected chi connectivity index (χ4v) is 3.04. The summed E-state index contributed by atoms with van der Waals surface area (Å²) in [6.07, 6.45) is 0. The number of aliphatic hydroxyl groups is 1. The summed E-state index contributed by atoms with van der Waals surface area (Å²) in [5.41, 5.74) is -0.0220. The molecule has 112 valence electrons. The molecule has 2 rings (SSSR count). The molecule has 0 bridgehead atoms. The molecule has 2 N–H and O–H groups in total. The molecule has 1 aliphatic rings. The van der Waals surface area contributed by atoms with E-state index in [1.807, 2.05) is 0 Å². The highest BCUT2D eigenvalue weighted by molar-refractivity contribution is 7.89. The van der Waals surface area contributed by atoms with E-state index in [1.165, 1.54) is 5.01 Å². The maximum absolute atomic E-state index is 13.6. The van der Waals surface area contributed by atoms with Crippen molar-refractivity contribution in [3.05, 3.63) is 29.3 Å². The highest BCUT2D eigenvalue weighted by atomic mass is 32.2. The molecule has 0 radical (unpaired) electrons. The number of rotatable bonds is 4. The lowest BCUT2D eigenvalue weighted by atomic mass is 10.2. The maximum atomic E-state index is 13.6. The lowest BCUT2D eigenvalue weighted by molar-refractivity contribution is 0.0272. The molecule has 0 unspecified atom stereocenters. The number of aliphatic hydroxyl groups excluding tert-OH is 1. The summed E-state index contributed by atoms with van der Waals surface area (Å²) in [4.78, 5) is 1.34. The number of ether oxygens (including phenoxy) is 1. The van der Waals surface area contributed by atoms with Gasteiger partial charge in [-0.05, 0) is 17.7 Å². The first-order valence-electron chi connectivity index (χ1n) is 5.88. The molecule has 1 aromatic rings. The molecule has 0 saturated carbocycles. The van der Waals surface area contributed by atoms with Gasteiger partial charge in [0.2, 0.25) is 0 Å². The Morgan fingerprint density at radius 3 is 2.55 bits per heavy atom. The predicted octanol–water partition coefficient (Wildman–Crippen LogP) is -0.0174. The zero-order chi connectivity index (χ0) is 14.8. The van der Waals surface area contributed by atoms with Gasteiger partial charge in [0, 0.05) is 13.1 Å². The molecule has 9 heteroatoms. The lowest BCUT2D eigenvalue weighted by Crippen LogP contribution is -2.48. The molecule has 0 amide bonds. The number of halogens is 2. The topological polar surface area (TPSA) is 78.9 Å². The van der Waals surface area contributed by atoms with E-state index in [4.69, 9.17) is 9.84 Å². The number of hydrogen-bond acceptors (Lipinski definition) is 5. The lowest BCUT2D eigenvalue weighted by Gasteiger charge is -2.26. The van der Waals surface area contributed by atoms with E-state index in [1.54, 1.807) is 0 Å². The van der Waals surface area contributed by atoms with Crippen molar-refractivity contribution in [1.82, 2.24) is 9.84 Å². The van der Waals surface area contributed by atoms with Crippen LogP contribution in [0.1, 0.15) is 5.56 Å². The van der Waals surface area contributed by atoms with E-state index in [9.17, 15) is 17.2 Å². The van der Waals surface area contributed by atoms with Gasteiger partial charge in [-0.1, -0.05) is 0 Å². The van der Waals surface area contributed by atoms with Crippen molar-refractivity contribution in [2.24, 2.45) is 0 Å². The van der Waals surface area contributed by atoms with Crippen LogP contribution in [0.25, 0.3) is 0 Å². The second-order valence-corrected chi connectivity index (χ2v) is 5.87. The first kappa shape index (κ1) is 15.3. The zero-order valence-electron chi connectivity index (χ0n) is 10.5. The summed E-state index contributed by atoms with van der Waals surface area (Å²) >= 11 is 0. The SMILES string of the molecule is O=S(=O)(NN1CCOCC1)c1cc(CO)cc(F)c1F. The standard InChI is InChI=1S/C11H14F2N2O4S/c12-9-5-8(7-16)6-10(11(9)13)20(17,18)14-15-1-3-19-4-2-15/h5-6,14,16H,1-4,7H2. The maximum Gasteiger partial charge on any atom is 0.256 e. The number of sulfonamides is 1. The van der Waals surface area contributed by atoms with Crippen LogP contribution in [0, 0.1) is 11.6 Å². The number of nitrogens with zero attached hydrogens (tertiary/aromatic N) is 1. The molecule has 1 aliphatic heterocycles. The average Bonchev–Trinajstić information content (AvgIpc) is 2.42. The minimum Gasteiger partial charge on any atom is -0.392 e. The van der Waals surface area contributed by atoms with Gasteiger partial charge in [-0.3, -0.25) is 0 Å². The van der Waals surface area contributed by atoms with Crippen LogP contribution in [0.2, 0.25) is 0 Å². The third kappa shape index (κ3) is 3.30. The van der Waals surface area contributed by atoms with E-state index in [0.29, 0.717) is 26.3 Å². The van der Waals surface area contributed by atoms with Crippen molar-refractivity contribution < 1.29 is 27.0 Å². The van der Waals surface area contributed by atoms with Crippen LogP contribution in [-0.2, 0) is 21.4 Å². The molecular weight excluding hydrogens is 294 g/mol. The summed E-state index contributed by atoms with van der Waals surface area (Å²) < 4.78 is 56.1. The van der Waals surface area contributed by atoms with Crippen molar-refractivity contribution in [2.75, 3.05) is 26.3 Å². The Morgan fingerprint density at radius 1 is 1.30 bits per heavy atom. The van der Waals surface area contributed by atoms with Crippen molar-refractivity contribution in [1.29, 1.82) is 0 Å². The highest BCUT2D eigenvalue weighted by Gasteiger charge is 2.25. The first-order chi connectivity index (χ1) is 9.44. The molecule has 1 heterocycles. The minimum absolute atomic E-state index is 0.0220. The van der Waals surface area contributed by atoms with Gasteiger partial charge in [-0.25, -0.2) is 22.2 Å². The molecular formula is C11H14F2N2O4S. The normalized spacial score (nSPS) is 17.4. The van der Waals surface area contributed by atoms with Gasteiger partial charge >= 0.3 is 0 Å². The minimum atomic E-state index is -4.25. The first-order valence-corrected chi connectivity index (χ1v) is 7.36. The monoisotopic (exact) mass is 308 g/mol. The van der Waals surface area contributed by atoms with E-state index in [2.05, 4.69) is 4.83 Å². The van der Waals surface area contributed by atoms with E-state index in [-0.39, 0.29) is 5.56 Å². The highest BCUT2D eigenvalue weighted by Crippen LogP contribution is 2.20. The van der Waals surface area contributed by atoms with Crippen LogP contribution in [0.4, 0.5) is 8.78 Å². The second kappa shape index (κ2) is 6.10. The van der Waals surface area contributed by atoms with Crippen molar-refractivity contribution in [3.63, 3.8) is 0 Å². The summed E-state index contributed by atoms with van der Waals surface area (Å²) in [6, 6.07) is 1.66. The molecule has 1 fully saturated rings. The molecule has 1 aromatic carbocycles. The molecule has 20 heavy (non-hydrogen) atoms. The third-order valence-corrected chi connectivity index (χ3v) is 4.16. The summed E-state index contributed by atoms with van der Waals surface area (Å²) in [5, 5.41) is 10.3. The Morgan fingerprint density at radius 2 is 1.95 bits per heavy atom. The van der Waals surface area contributed by atoms with E-state index >= 15 is 0 Å². The quantitative estimate of drug-likeness (QED) is 0.817. The van der Waals surface area contributed by atoms with E-state index in [0.717, 1.165) is 12.1 Å². The Labute approximate surface area is 115 Å². The molecule has 0 atom stereocenters. The van der Waals surface area contributed by atoms with Gasteiger partial charge in [0.25, 0.3) is 10.0 Å². The molecule has 6 nitrogen and oxygen atoms in total. The smallest absolute Gasteiger partial charge is 0.256 e.